The van der Waals surface area contributed by atoms with Gasteiger partial charge in [0.2, 0.25) is 5.43 Å². The number of aromatic carboxylic acids is 1. The van der Waals surface area contributed by atoms with Gasteiger partial charge < -0.3 is 24.9 Å². The SMILES string of the molecule is CNc1cc(F)cc2c1[nH]c1ncc(-c3cnc4c(c3)c(=O)c(C(=O)O)cn4C)c(N3CCC(C)C3)c12. The number of halogens is 1. The zero-order valence-corrected chi connectivity index (χ0v) is 20.6. The summed E-state index contributed by atoms with van der Waals surface area (Å²) in [5.74, 6) is -1.17. The number of fused-ring (bicyclic) bond motifs is 4. The van der Waals surface area contributed by atoms with E-state index in [1.165, 1.54) is 22.9 Å². The number of hydrogen-bond donors (Lipinski definition) is 3. The van der Waals surface area contributed by atoms with Crippen molar-refractivity contribution in [2.75, 3.05) is 30.4 Å². The third kappa shape index (κ3) is 3.51. The number of pyridine rings is 3. The van der Waals surface area contributed by atoms with Crippen LogP contribution < -0.4 is 15.6 Å². The summed E-state index contributed by atoms with van der Waals surface area (Å²) in [4.78, 5) is 39.5. The lowest BCUT2D eigenvalue weighted by molar-refractivity contribution is 0.0695. The Labute approximate surface area is 210 Å². The maximum atomic E-state index is 14.7. The highest BCUT2D eigenvalue weighted by molar-refractivity contribution is 6.18. The lowest BCUT2D eigenvalue weighted by Gasteiger charge is -2.23. The first kappa shape index (κ1) is 23.0. The number of carbonyl (C=O) groups is 1. The van der Waals surface area contributed by atoms with Crippen LogP contribution in [0.5, 0.6) is 0 Å². The van der Waals surface area contributed by atoms with Crippen LogP contribution in [0.4, 0.5) is 15.8 Å². The Morgan fingerprint density at radius 1 is 1.22 bits per heavy atom. The van der Waals surface area contributed by atoms with Gasteiger partial charge in [0, 0.05) is 62.3 Å². The molecule has 10 heteroatoms. The van der Waals surface area contributed by atoms with Crippen LogP contribution in [-0.4, -0.2) is 50.7 Å². The van der Waals surface area contributed by atoms with Gasteiger partial charge in [0.25, 0.3) is 0 Å². The van der Waals surface area contributed by atoms with Crippen LogP contribution in [0.3, 0.4) is 0 Å². The summed E-state index contributed by atoms with van der Waals surface area (Å²) in [5, 5.41) is 14.3. The summed E-state index contributed by atoms with van der Waals surface area (Å²) in [5.41, 5.74) is 3.77. The molecule has 9 nitrogen and oxygen atoms in total. The Morgan fingerprint density at radius 2 is 2.03 bits per heavy atom. The molecule has 1 atom stereocenters. The molecule has 3 N–H and O–H groups in total. The molecule has 37 heavy (non-hydrogen) atoms. The number of carboxylic acids is 1. The van der Waals surface area contributed by atoms with Gasteiger partial charge in [-0.05, 0) is 30.5 Å². The fraction of sp³-hybridized carbons (Fsp3) is 0.259. The normalized spacial score (nSPS) is 15.8. The average molecular weight is 501 g/mol. The molecule has 1 aromatic carbocycles. The molecular formula is C27H25FN6O3. The van der Waals surface area contributed by atoms with Gasteiger partial charge in [-0.2, -0.15) is 0 Å². The lowest BCUT2D eigenvalue weighted by atomic mass is 10.0. The van der Waals surface area contributed by atoms with E-state index in [9.17, 15) is 19.1 Å². The second-order valence-corrected chi connectivity index (χ2v) is 9.72. The van der Waals surface area contributed by atoms with Crippen molar-refractivity contribution in [3.8, 4) is 11.1 Å². The van der Waals surface area contributed by atoms with Crippen molar-refractivity contribution in [3.05, 3.63) is 58.4 Å². The number of hydrogen-bond acceptors (Lipinski definition) is 6. The second kappa shape index (κ2) is 8.29. The predicted octanol–water partition coefficient (Wildman–Crippen LogP) is 4.36. The van der Waals surface area contributed by atoms with Crippen molar-refractivity contribution in [1.82, 2.24) is 19.5 Å². The number of aryl methyl sites for hydroxylation is 1. The molecule has 1 aliphatic heterocycles. The summed E-state index contributed by atoms with van der Waals surface area (Å²) in [6.07, 6.45) is 5.70. The van der Waals surface area contributed by atoms with E-state index >= 15 is 0 Å². The van der Waals surface area contributed by atoms with Gasteiger partial charge in [0.15, 0.2) is 0 Å². The number of H-pyrrole nitrogens is 1. The molecule has 0 radical (unpaired) electrons. The first-order valence-electron chi connectivity index (χ1n) is 12.1. The van der Waals surface area contributed by atoms with Crippen molar-refractivity contribution >= 4 is 50.3 Å². The van der Waals surface area contributed by atoms with Crippen molar-refractivity contribution in [1.29, 1.82) is 0 Å². The number of aromatic amines is 1. The fourth-order valence-electron chi connectivity index (χ4n) is 5.45. The second-order valence-electron chi connectivity index (χ2n) is 9.72. The number of nitrogens with zero attached hydrogens (tertiary/aromatic N) is 4. The van der Waals surface area contributed by atoms with Gasteiger partial charge in [-0.1, -0.05) is 6.92 Å². The van der Waals surface area contributed by atoms with Crippen LogP contribution in [0.1, 0.15) is 23.7 Å². The monoisotopic (exact) mass is 500 g/mol. The molecule has 1 saturated heterocycles. The molecular weight excluding hydrogens is 475 g/mol. The number of rotatable bonds is 4. The summed E-state index contributed by atoms with van der Waals surface area (Å²) in [6, 6.07) is 4.63. The third-order valence-electron chi connectivity index (χ3n) is 7.23. The summed E-state index contributed by atoms with van der Waals surface area (Å²) in [6.45, 7) is 3.83. The molecule has 0 aliphatic carbocycles. The maximum Gasteiger partial charge on any atom is 0.341 e. The van der Waals surface area contributed by atoms with Gasteiger partial charge in [-0.3, -0.25) is 4.79 Å². The molecule has 5 aromatic rings. The Hall–Kier alpha value is -4.47. The summed E-state index contributed by atoms with van der Waals surface area (Å²) >= 11 is 0. The van der Waals surface area contributed by atoms with Gasteiger partial charge >= 0.3 is 5.97 Å². The molecule has 0 spiro atoms. The van der Waals surface area contributed by atoms with Crippen molar-refractivity contribution in [3.63, 3.8) is 0 Å². The zero-order valence-electron chi connectivity index (χ0n) is 20.6. The number of aromatic nitrogens is 4. The molecule has 0 amide bonds. The molecule has 0 saturated carbocycles. The fourth-order valence-corrected chi connectivity index (χ4v) is 5.45. The smallest absolute Gasteiger partial charge is 0.341 e. The van der Waals surface area contributed by atoms with Crippen molar-refractivity contribution < 1.29 is 14.3 Å². The quantitative estimate of drug-likeness (QED) is 0.336. The Bertz CT molecular complexity index is 1810. The Kier molecular flexibility index (Phi) is 5.15. The molecule has 6 rings (SSSR count). The lowest BCUT2D eigenvalue weighted by Crippen LogP contribution is -2.20. The van der Waals surface area contributed by atoms with E-state index < -0.39 is 11.4 Å². The summed E-state index contributed by atoms with van der Waals surface area (Å²) in [7, 11) is 3.40. The van der Waals surface area contributed by atoms with Gasteiger partial charge in [-0.25, -0.2) is 19.2 Å². The standard InChI is InChI=1S/C27H25FN6O3/c1-13-4-5-34(11-13)23-18(10-30-25-21(23)16-7-15(28)8-20(29-2)22(16)32-25)14-6-17-24(35)19(27(36)37)12-33(3)26(17)31-9-14/h6-10,12-13,29H,4-5,11H2,1-3H3,(H,30,32)(H,36,37). The van der Waals surface area contributed by atoms with E-state index in [-0.39, 0.29) is 16.8 Å². The van der Waals surface area contributed by atoms with E-state index in [2.05, 4.69) is 32.1 Å². The minimum atomic E-state index is -1.29. The number of carboxylic acid groups (broad SMARTS) is 1. The largest absolute Gasteiger partial charge is 0.477 e. The van der Waals surface area contributed by atoms with Crippen LogP contribution in [0.25, 0.3) is 44.1 Å². The van der Waals surface area contributed by atoms with E-state index in [0.29, 0.717) is 33.8 Å². The van der Waals surface area contributed by atoms with Gasteiger partial charge in [0.05, 0.1) is 27.7 Å². The van der Waals surface area contributed by atoms with Crippen LogP contribution in [0, 0.1) is 11.7 Å². The minimum Gasteiger partial charge on any atom is -0.477 e. The Morgan fingerprint density at radius 3 is 2.73 bits per heavy atom. The zero-order chi connectivity index (χ0) is 26.0. The minimum absolute atomic E-state index is 0.211. The number of benzene rings is 1. The highest BCUT2D eigenvalue weighted by Crippen LogP contribution is 2.43. The first-order chi connectivity index (χ1) is 17.8. The van der Waals surface area contributed by atoms with Crippen LogP contribution in [0.15, 0.2) is 41.6 Å². The van der Waals surface area contributed by atoms with Gasteiger partial charge in [0.1, 0.15) is 22.7 Å². The topological polar surface area (TPSA) is 116 Å². The molecule has 4 aromatic heterocycles. The van der Waals surface area contributed by atoms with E-state index in [1.807, 2.05) is 0 Å². The van der Waals surface area contributed by atoms with Crippen LogP contribution in [-0.2, 0) is 7.05 Å². The maximum absolute atomic E-state index is 14.7. The van der Waals surface area contributed by atoms with Crippen molar-refractivity contribution in [2.45, 2.75) is 13.3 Å². The highest BCUT2D eigenvalue weighted by atomic mass is 19.1. The van der Waals surface area contributed by atoms with Crippen LogP contribution in [0.2, 0.25) is 0 Å². The molecule has 5 heterocycles. The van der Waals surface area contributed by atoms with E-state index in [1.54, 1.807) is 32.6 Å². The molecule has 0 bridgehead atoms. The highest BCUT2D eigenvalue weighted by Gasteiger charge is 2.27. The van der Waals surface area contributed by atoms with Crippen LogP contribution >= 0.6 is 0 Å². The van der Waals surface area contributed by atoms with Crippen molar-refractivity contribution in [2.24, 2.45) is 13.0 Å². The molecule has 1 fully saturated rings. The number of anilines is 2. The predicted molar refractivity (Wildman–Crippen MR) is 142 cm³/mol. The molecule has 1 aliphatic rings. The average Bonchev–Trinajstić information content (AvgIpc) is 3.48. The van der Waals surface area contributed by atoms with E-state index in [4.69, 9.17) is 0 Å². The van der Waals surface area contributed by atoms with E-state index in [0.717, 1.165) is 41.7 Å². The number of nitrogens with one attached hydrogen (secondary N) is 2. The first-order valence-corrected chi connectivity index (χ1v) is 12.1. The van der Waals surface area contributed by atoms with Gasteiger partial charge in [-0.15, -0.1) is 0 Å². The third-order valence-corrected chi connectivity index (χ3v) is 7.23. The Balaban J connectivity index is 1.69. The molecule has 188 valence electrons. The summed E-state index contributed by atoms with van der Waals surface area (Å²) < 4.78 is 16.2. The molecule has 1 unspecified atom stereocenters.